The third-order valence-electron chi connectivity index (χ3n) is 4.74. The molecule has 0 aliphatic carbocycles. The molecule has 0 saturated carbocycles. The zero-order valence-corrected chi connectivity index (χ0v) is 15.7. The number of ether oxygens (including phenoxy) is 1. The molecule has 0 unspecified atom stereocenters. The molecule has 1 aliphatic rings. The average molecular weight is 371 g/mol. The van der Waals surface area contributed by atoms with Gasteiger partial charge in [-0.1, -0.05) is 31.2 Å². The number of urea groups is 1. The number of piperazine rings is 1. The molecule has 27 heavy (non-hydrogen) atoms. The van der Waals surface area contributed by atoms with Crippen molar-refractivity contribution in [2.75, 3.05) is 44.2 Å². The summed E-state index contributed by atoms with van der Waals surface area (Å²) in [6.07, 6.45) is 1.00. The summed E-state index contributed by atoms with van der Waals surface area (Å²) >= 11 is 0. The first kappa shape index (κ1) is 19.0. The Hall–Kier alpha value is -2.76. The van der Waals surface area contributed by atoms with Crippen LogP contribution < -0.4 is 15.0 Å². The van der Waals surface area contributed by atoms with Gasteiger partial charge < -0.3 is 19.9 Å². The summed E-state index contributed by atoms with van der Waals surface area (Å²) in [7, 11) is 0. The molecule has 0 atom stereocenters. The van der Waals surface area contributed by atoms with Crippen LogP contribution in [0, 0.1) is 5.82 Å². The van der Waals surface area contributed by atoms with Gasteiger partial charge in [-0.25, -0.2) is 9.18 Å². The van der Waals surface area contributed by atoms with Crippen LogP contribution in [0.5, 0.6) is 5.75 Å². The van der Waals surface area contributed by atoms with Crippen LogP contribution in [0.15, 0.2) is 48.5 Å². The topological polar surface area (TPSA) is 44.8 Å². The van der Waals surface area contributed by atoms with E-state index in [9.17, 15) is 9.18 Å². The number of hydrogen-bond acceptors (Lipinski definition) is 3. The van der Waals surface area contributed by atoms with Gasteiger partial charge in [0, 0.05) is 26.2 Å². The average Bonchev–Trinajstić information content (AvgIpc) is 2.72. The van der Waals surface area contributed by atoms with Crippen molar-refractivity contribution in [3.63, 3.8) is 0 Å². The third kappa shape index (κ3) is 5.12. The standard InChI is InChI=1S/C21H26FN3O2/c1-2-17-7-9-18(10-8-17)27-16-11-23-21(26)25-14-12-24(13-15-25)20-6-4-3-5-19(20)22/h3-10H,2,11-16H2,1H3,(H,23,26). The Balaban J connectivity index is 1.37. The third-order valence-corrected chi connectivity index (χ3v) is 4.74. The number of nitrogens with zero attached hydrogens (tertiary/aromatic N) is 2. The van der Waals surface area contributed by atoms with Gasteiger partial charge >= 0.3 is 6.03 Å². The molecular formula is C21H26FN3O2. The molecule has 1 N–H and O–H groups in total. The molecule has 2 aromatic carbocycles. The monoisotopic (exact) mass is 371 g/mol. The van der Waals surface area contributed by atoms with E-state index in [0.717, 1.165) is 12.2 Å². The van der Waals surface area contributed by atoms with Crippen LogP contribution in [-0.2, 0) is 6.42 Å². The summed E-state index contributed by atoms with van der Waals surface area (Å²) in [6.45, 7) is 5.36. The zero-order valence-electron chi connectivity index (χ0n) is 15.7. The number of hydrogen-bond donors (Lipinski definition) is 1. The van der Waals surface area contributed by atoms with E-state index in [1.807, 2.05) is 35.2 Å². The summed E-state index contributed by atoms with van der Waals surface area (Å²) in [5.74, 6) is 0.583. The van der Waals surface area contributed by atoms with Crippen molar-refractivity contribution in [1.29, 1.82) is 0 Å². The second-order valence-corrected chi connectivity index (χ2v) is 6.50. The fraction of sp³-hybridized carbons (Fsp3) is 0.381. The van der Waals surface area contributed by atoms with E-state index in [1.165, 1.54) is 11.6 Å². The number of aryl methyl sites for hydroxylation is 1. The maximum absolute atomic E-state index is 13.9. The molecule has 0 aromatic heterocycles. The smallest absolute Gasteiger partial charge is 0.317 e. The first-order valence-corrected chi connectivity index (χ1v) is 9.41. The number of amides is 2. The fourth-order valence-corrected chi connectivity index (χ4v) is 3.12. The summed E-state index contributed by atoms with van der Waals surface area (Å²) in [5.41, 5.74) is 1.87. The van der Waals surface area contributed by atoms with Gasteiger partial charge in [-0.3, -0.25) is 0 Å². The molecule has 0 radical (unpaired) electrons. The zero-order chi connectivity index (χ0) is 19.1. The van der Waals surface area contributed by atoms with E-state index in [4.69, 9.17) is 4.74 Å². The molecule has 1 heterocycles. The molecule has 1 fully saturated rings. The summed E-state index contributed by atoms with van der Waals surface area (Å²) in [4.78, 5) is 16.0. The van der Waals surface area contributed by atoms with Crippen LogP contribution in [0.1, 0.15) is 12.5 Å². The van der Waals surface area contributed by atoms with Crippen LogP contribution in [-0.4, -0.2) is 50.3 Å². The van der Waals surface area contributed by atoms with Crippen molar-refractivity contribution in [3.05, 3.63) is 59.9 Å². The minimum Gasteiger partial charge on any atom is -0.492 e. The van der Waals surface area contributed by atoms with E-state index in [1.54, 1.807) is 17.0 Å². The van der Waals surface area contributed by atoms with Crippen LogP contribution >= 0.6 is 0 Å². The number of carbonyl (C=O) groups excluding carboxylic acids is 1. The van der Waals surface area contributed by atoms with Crippen molar-refractivity contribution >= 4 is 11.7 Å². The van der Waals surface area contributed by atoms with Gasteiger partial charge in [0.1, 0.15) is 18.2 Å². The normalized spacial score (nSPS) is 14.1. The second kappa shape index (κ2) is 9.26. The maximum Gasteiger partial charge on any atom is 0.317 e. The van der Waals surface area contributed by atoms with E-state index in [-0.39, 0.29) is 11.8 Å². The minimum absolute atomic E-state index is 0.104. The van der Waals surface area contributed by atoms with Crippen LogP contribution in [0.2, 0.25) is 0 Å². The number of para-hydroxylation sites is 1. The van der Waals surface area contributed by atoms with E-state index in [2.05, 4.69) is 12.2 Å². The highest BCUT2D eigenvalue weighted by Gasteiger charge is 2.22. The molecule has 0 spiro atoms. The Morgan fingerprint density at radius 3 is 2.44 bits per heavy atom. The predicted octanol–water partition coefficient (Wildman–Crippen LogP) is 3.30. The van der Waals surface area contributed by atoms with Gasteiger partial charge in [-0.05, 0) is 36.2 Å². The second-order valence-electron chi connectivity index (χ2n) is 6.50. The largest absolute Gasteiger partial charge is 0.492 e. The van der Waals surface area contributed by atoms with Crippen molar-refractivity contribution in [2.24, 2.45) is 0 Å². The number of benzene rings is 2. The quantitative estimate of drug-likeness (QED) is 0.793. The number of nitrogens with one attached hydrogen (secondary N) is 1. The summed E-state index contributed by atoms with van der Waals surface area (Å²) in [6, 6.07) is 14.6. The van der Waals surface area contributed by atoms with Gasteiger partial charge in [-0.15, -0.1) is 0 Å². The van der Waals surface area contributed by atoms with Crippen LogP contribution in [0.4, 0.5) is 14.9 Å². The van der Waals surface area contributed by atoms with Gasteiger partial charge in [-0.2, -0.15) is 0 Å². The van der Waals surface area contributed by atoms with Gasteiger partial charge in [0.15, 0.2) is 0 Å². The highest BCUT2D eigenvalue weighted by atomic mass is 19.1. The molecule has 5 nitrogen and oxygen atoms in total. The molecule has 2 amide bonds. The summed E-state index contributed by atoms with van der Waals surface area (Å²) in [5, 5.41) is 2.88. The molecule has 2 aromatic rings. The van der Waals surface area contributed by atoms with E-state index < -0.39 is 0 Å². The van der Waals surface area contributed by atoms with Crippen molar-refractivity contribution in [1.82, 2.24) is 10.2 Å². The first-order valence-electron chi connectivity index (χ1n) is 9.41. The highest BCUT2D eigenvalue weighted by Crippen LogP contribution is 2.20. The Bertz CT molecular complexity index is 743. The van der Waals surface area contributed by atoms with Crippen molar-refractivity contribution in [2.45, 2.75) is 13.3 Å². The lowest BCUT2D eigenvalue weighted by Crippen LogP contribution is -2.52. The van der Waals surface area contributed by atoms with Crippen LogP contribution in [0.25, 0.3) is 0 Å². The molecule has 1 aliphatic heterocycles. The first-order chi connectivity index (χ1) is 13.2. The Morgan fingerprint density at radius 2 is 1.78 bits per heavy atom. The molecule has 3 rings (SSSR count). The molecule has 6 heteroatoms. The lowest BCUT2D eigenvalue weighted by molar-refractivity contribution is 0.191. The number of rotatable bonds is 6. The maximum atomic E-state index is 13.9. The predicted molar refractivity (Wildman–Crippen MR) is 105 cm³/mol. The minimum atomic E-state index is -0.223. The van der Waals surface area contributed by atoms with Gasteiger partial charge in [0.2, 0.25) is 0 Å². The lowest BCUT2D eigenvalue weighted by atomic mass is 10.2. The van der Waals surface area contributed by atoms with Gasteiger partial charge in [0.25, 0.3) is 0 Å². The number of carbonyl (C=O) groups is 1. The molecule has 144 valence electrons. The molecule has 1 saturated heterocycles. The Labute approximate surface area is 159 Å². The van der Waals surface area contributed by atoms with E-state index in [0.29, 0.717) is 45.0 Å². The lowest BCUT2D eigenvalue weighted by Gasteiger charge is -2.36. The number of halogens is 1. The molecular weight excluding hydrogens is 345 g/mol. The van der Waals surface area contributed by atoms with Crippen molar-refractivity contribution in [3.8, 4) is 5.75 Å². The Morgan fingerprint density at radius 1 is 1.07 bits per heavy atom. The SMILES string of the molecule is CCc1ccc(OCCNC(=O)N2CCN(c3ccccc3F)CC2)cc1. The van der Waals surface area contributed by atoms with E-state index >= 15 is 0 Å². The fourth-order valence-electron chi connectivity index (χ4n) is 3.12. The van der Waals surface area contributed by atoms with Crippen LogP contribution in [0.3, 0.4) is 0 Å². The highest BCUT2D eigenvalue weighted by molar-refractivity contribution is 5.74. The van der Waals surface area contributed by atoms with Gasteiger partial charge in [0.05, 0.1) is 12.2 Å². The Kier molecular flexibility index (Phi) is 6.52. The molecule has 0 bridgehead atoms. The van der Waals surface area contributed by atoms with Crippen molar-refractivity contribution < 1.29 is 13.9 Å². The number of anilines is 1. The summed E-state index contributed by atoms with van der Waals surface area (Å²) < 4.78 is 19.5.